The summed E-state index contributed by atoms with van der Waals surface area (Å²) in [6, 6.07) is 21.6. The van der Waals surface area contributed by atoms with Gasteiger partial charge in [-0.15, -0.1) is 0 Å². The van der Waals surface area contributed by atoms with Gasteiger partial charge in [-0.2, -0.15) is 13.2 Å². The van der Waals surface area contributed by atoms with Crippen molar-refractivity contribution >= 4 is 15.9 Å². The van der Waals surface area contributed by atoms with Gasteiger partial charge in [-0.05, 0) is 71.6 Å². The number of nitrogens with one attached hydrogen (secondary N) is 3. The van der Waals surface area contributed by atoms with Crippen LogP contribution in [-0.4, -0.2) is 45.2 Å². The molecule has 0 saturated carbocycles. The number of carbonyl (C=O) groups excluding carboxylic acids is 1. The largest absolute Gasteiger partial charge is 0.497 e. The van der Waals surface area contributed by atoms with Crippen LogP contribution in [0.2, 0.25) is 0 Å². The van der Waals surface area contributed by atoms with Crippen LogP contribution in [0.3, 0.4) is 0 Å². The third-order valence-corrected chi connectivity index (χ3v) is 8.49. The first-order valence-electron chi connectivity index (χ1n) is 14.2. The number of hydrogen-bond acceptors (Lipinski definition) is 6. The molecule has 244 valence electrons. The van der Waals surface area contributed by atoms with Crippen LogP contribution in [0.5, 0.6) is 5.75 Å². The average molecular weight is 660 g/mol. The summed E-state index contributed by atoms with van der Waals surface area (Å²) in [5.74, 6) is -0.571. The summed E-state index contributed by atoms with van der Waals surface area (Å²) < 4.78 is 86.5. The predicted molar refractivity (Wildman–Crippen MR) is 164 cm³/mol. The molecule has 0 aromatic heterocycles. The lowest BCUT2D eigenvalue weighted by Gasteiger charge is -2.25. The van der Waals surface area contributed by atoms with Gasteiger partial charge in [0.25, 0.3) is 5.91 Å². The zero-order chi connectivity index (χ0) is 33.3. The van der Waals surface area contributed by atoms with E-state index >= 15 is 0 Å². The van der Waals surface area contributed by atoms with E-state index in [9.17, 15) is 35.9 Å². The van der Waals surface area contributed by atoms with Crippen LogP contribution in [0.15, 0.2) is 102 Å². The maximum absolute atomic E-state index is 13.5. The highest BCUT2D eigenvalue weighted by molar-refractivity contribution is 7.89. The van der Waals surface area contributed by atoms with Gasteiger partial charge in [0.1, 0.15) is 11.6 Å². The van der Waals surface area contributed by atoms with E-state index in [4.69, 9.17) is 4.74 Å². The summed E-state index contributed by atoms with van der Waals surface area (Å²) in [6.07, 6.45) is -5.64. The van der Waals surface area contributed by atoms with E-state index < -0.39 is 45.6 Å². The minimum absolute atomic E-state index is 0.0116. The molecule has 0 aliphatic rings. The highest BCUT2D eigenvalue weighted by Crippen LogP contribution is 2.29. The van der Waals surface area contributed by atoms with E-state index in [2.05, 4.69) is 15.4 Å². The van der Waals surface area contributed by atoms with Crippen LogP contribution in [0.25, 0.3) is 0 Å². The summed E-state index contributed by atoms with van der Waals surface area (Å²) in [4.78, 5) is 13.2. The third-order valence-electron chi connectivity index (χ3n) is 7.09. The van der Waals surface area contributed by atoms with E-state index in [0.29, 0.717) is 22.4 Å². The van der Waals surface area contributed by atoms with Crippen molar-refractivity contribution in [1.29, 1.82) is 0 Å². The summed E-state index contributed by atoms with van der Waals surface area (Å²) in [6.45, 7) is -0.110. The molecule has 13 heteroatoms. The molecule has 0 radical (unpaired) electrons. The van der Waals surface area contributed by atoms with E-state index in [0.717, 1.165) is 12.1 Å². The van der Waals surface area contributed by atoms with Gasteiger partial charge in [-0.25, -0.2) is 17.5 Å². The summed E-state index contributed by atoms with van der Waals surface area (Å²) in [7, 11) is -2.52. The Morgan fingerprint density at radius 3 is 2.24 bits per heavy atom. The fourth-order valence-corrected chi connectivity index (χ4v) is 5.69. The van der Waals surface area contributed by atoms with Crippen LogP contribution >= 0.6 is 0 Å². The Labute approximate surface area is 264 Å². The van der Waals surface area contributed by atoms with Gasteiger partial charge in [0, 0.05) is 25.2 Å². The Hall–Kier alpha value is -4.30. The maximum atomic E-state index is 13.5. The van der Waals surface area contributed by atoms with Crippen molar-refractivity contribution in [3.8, 4) is 5.75 Å². The molecule has 8 nitrogen and oxygen atoms in total. The zero-order valence-electron chi connectivity index (χ0n) is 24.7. The highest BCUT2D eigenvalue weighted by Gasteiger charge is 2.30. The monoisotopic (exact) mass is 659 g/mol. The molecular weight excluding hydrogens is 626 g/mol. The normalized spacial score (nSPS) is 13.2. The highest BCUT2D eigenvalue weighted by atomic mass is 32.2. The number of aliphatic hydroxyl groups excluding tert-OH is 1. The summed E-state index contributed by atoms with van der Waals surface area (Å²) in [5, 5.41) is 16.7. The zero-order valence-corrected chi connectivity index (χ0v) is 25.5. The van der Waals surface area contributed by atoms with Crippen molar-refractivity contribution in [2.45, 2.75) is 42.7 Å². The molecule has 1 amide bonds. The van der Waals surface area contributed by atoms with Crippen molar-refractivity contribution < 1.29 is 40.6 Å². The molecule has 4 N–H and O–H groups in total. The van der Waals surface area contributed by atoms with E-state index in [1.54, 1.807) is 24.3 Å². The number of amides is 1. The molecule has 0 spiro atoms. The molecule has 4 aromatic carbocycles. The van der Waals surface area contributed by atoms with Gasteiger partial charge in [-0.1, -0.05) is 48.5 Å². The molecule has 0 aliphatic heterocycles. The molecule has 4 aromatic rings. The molecule has 4 rings (SSSR count). The number of rotatable bonds is 14. The van der Waals surface area contributed by atoms with Crippen LogP contribution in [0.4, 0.5) is 17.6 Å². The van der Waals surface area contributed by atoms with Crippen LogP contribution in [0.1, 0.15) is 32.6 Å². The Morgan fingerprint density at radius 2 is 1.54 bits per heavy atom. The van der Waals surface area contributed by atoms with Crippen molar-refractivity contribution in [2.24, 2.45) is 0 Å². The standard InChI is InChI=1S/C33H33F4N3O5S/c1-45-28-9-3-6-24(16-28)20-39-46(43,44)29-10-4-7-25(18-29)32(42)40-30(17-22-11-13-27(34)14-12-22)31(41)21-38-19-23-5-2-8-26(15-23)33(35,36)37/h2-16,18,30-31,38-39,41H,17,19-21H2,1H3,(H,40,42)/t30-,31-/m0/s1. The van der Waals surface area contributed by atoms with E-state index in [1.165, 1.54) is 67.8 Å². The first kappa shape index (κ1) is 34.6. The lowest BCUT2D eigenvalue weighted by atomic mass is 10.00. The molecular formula is C33H33F4N3O5S. The second-order valence-corrected chi connectivity index (χ2v) is 12.3. The number of carbonyl (C=O) groups is 1. The van der Waals surface area contributed by atoms with Crippen LogP contribution < -0.4 is 20.1 Å². The van der Waals surface area contributed by atoms with Gasteiger partial charge in [0.15, 0.2) is 0 Å². The molecule has 2 atom stereocenters. The average Bonchev–Trinajstić information content (AvgIpc) is 3.04. The van der Waals surface area contributed by atoms with Crippen molar-refractivity contribution in [3.63, 3.8) is 0 Å². The fourth-order valence-electron chi connectivity index (χ4n) is 4.62. The van der Waals surface area contributed by atoms with Gasteiger partial charge in [0.05, 0.1) is 29.7 Å². The molecule has 0 bridgehead atoms. The second kappa shape index (κ2) is 15.3. The molecule has 0 saturated heterocycles. The number of methoxy groups -OCH3 is 1. The van der Waals surface area contributed by atoms with Crippen LogP contribution in [0, 0.1) is 5.82 Å². The number of ether oxygens (including phenoxy) is 1. The third kappa shape index (κ3) is 9.85. The van der Waals surface area contributed by atoms with Gasteiger partial charge in [0.2, 0.25) is 10.0 Å². The topological polar surface area (TPSA) is 117 Å². The van der Waals surface area contributed by atoms with Gasteiger partial charge in [-0.3, -0.25) is 4.79 Å². The summed E-state index contributed by atoms with van der Waals surface area (Å²) >= 11 is 0. The summed E-state index contributed by atoms with van der Waals surface area (Å²) in [5.41, 5.74) is 0.822. The number of aliphatic hydroxyl groups is 1. The quantitative estimate of drug-likeness (QED) is 0.144. The van der Waals surface area contributed by atoms with E-state index in [-0.39, 0.29) is 36.5 Å². The Morgan fingerprint density at radius 1 is 0.870 bits per heavy atom. The van der Waals surface area contributed by atoms with Gasteiger partial charge < -0.3 is 20.5 Å². The number of halogens is 4. The van der Waals surface area contributed by atoms with Crippen molar-refractivity contribution in [2.75, 3.05) is 13.7 Å². The van der Waals surface area contributed by atoms with Crippen LogP contribution in [-0.2, 0) is 35.7 Å². The smallest absolute Gasteiger partial charge is 0.416 e. The second-order valence-electron chi connectivity index (χ2n) is 10.5. The maximum Gasteiger partial charge on any atom is 0.416 e. The molecule has 0 fully saturated rings. The SMILES string of the molecule is COc1cccc(CNS(=O)(=O)c2cccc(C(=O)N[C@@H](Cc3ccc(F)cc3)[C@@H](O)CNCc3cccc(C(F)(F)F)c3)c2)c1. The Balaban J connectivity index is 1.45. The van der Waals surface area contributed by atoms with Crippen molar-refractivity contribution in [3.05, 3.63) is 131 Å². The van der Waals surface area contributed by atoms with Gasteiger partial charge >= 0.3 is 6.18 Å². The molecule has 0 heterocycles. The van der Waals surface area contributed by atoms with Crippen molar-refractivity contribution in [1.82, 2.24) is 15.4 Å². The Bertz CT molecular complexity index is 1730. The number of hydrogen-bond donors (Lipinski definition) is 4. The lowest BCUT2D eigenvalue weighted by Crippen LogP contribution is -2.48. The predicted octanol–water partition coefficient (Wildman–Crippen LogP) is 4.82. The lowest BCUT2D eigenvalue weighted by molar-refractivity contribution is -0.137. The van der Waals surface area contributed by atoms with E-state index in [1.807, 2.05) is 0 Å². The minimum atomic E-state index is -4.50. The first-order chi connectivity index (χ1) is 21.8. The fraction of sp³-hybridized carbons (Fsp3) is 0.242. The number of alkyl halides is 3. The molecule has 0 aliphatic carbocycles. The first-order valence-corrected chi connectivity index (χ1v) is 15.7. The number of sulfonamides is 1. The molecule has 0 unspecified atom stereocenters. The number of benzene rings is 4. The molecule has 46 heavy (non-hydrogen) atoms. The Kier molecular flexibility index (Phi) is 11.5. The minimum Gasteiger partial charge on any atom is -0.497 e.